The molecule has 80 valence electrons. The number of piperazine rings is 1. The van der Waals surface area contributed by atoms with Crippen LogP contribution in [0.3, 0.4) is 0 Å². The van der Waals surface area contributed by atoms with Gasteiger partial charge < -0.3 is 10.2 Å². The number of nitrogens with one attached hydrogen (secondary N) is 2. The molecule has 2 amide bonds. The highest BCUT2D eigenvalue weighted by molar-refractivity contribution is 5.83. The van der Waals surface area contributed by atoms with Gasteiger partial charge in [0.25, 0.3) is 0 Å². The Morgan fingerprint density at radius 2 is 1.93 bits per heavy atom. The average molecular weight is 200 g/mol. The topological polar surface area (TPSA) is 87.5 Å². The Balaban J connectivity index is 2.23. The molecular formula is C8H16N4O2. The SMILES string of the molecule is NNC(=O)CCC(=O)N1CCNCC1. The summed E-state index contributed by atoms with van der Waals surface area (Å²) < 4.78 is 0. The van der Waals surface area contributed by atoms with Gasteiger partial charge in [-0.15, -0.1) is 0 Å². The Morgan fingerprint density at radius 3 is 2.50 bits per heavy atom. The number of hydrogen-bond acceptors (Lipinski definition) is 4. The third kappa shape index (κ3) is 3.31. The van der Waals surface area contributed by atoms with Gasteiger partial charge in [0.05, 0.1) is 0 Å². The van der Waals surface area contributed by atoms with E-state index in [1.807, 2.05) is 5.43 Å². The van der Waals surface area contributed by atoms with Gasteiger partial charge >= 0.3 is 0 Å². The number of hydrazine groups is 1. The maximum absolute atomic E-state index is 11.5. The number of carbonyl (C=O) groups excluding carboxylic acids is 2. The summed E-state index contributed by atoms with van der Waals surface area (Å²) in [5.74, 6) is 4.63. The first-order valence-corrected chi connectivity index (χ1v) is 4.72. The van der Waals surface area contributed by atoms with Crippen molar-refractivity contribution in [2.45, 2.75) is 12.8 Å². The quantitative estimate of drug-likeness (QED) is 0.284. The lowest BCUT2D eigenvalue weighted by Crippen LogP contribution is -2.46. The van der Waals surface area contributed by atoms with E-state index >= 15 is 0 Å². The van der Waals surface area contributed by atoms with Crippen molar-refractivity contribution >= 4 is 11.8 Å². The predicted octanol–water partition coefficient (Wildman–Crippen LogP) is -1.81. The normalized spacial score (nSPS) is 16.5. The lowest BCUT2D eigenvalue weighted by atomic mass is 10.2. The molecule has 1 heterocycles. The van der Waals surface area contributed by atoms with E-state index in [9.17, 15) is 9.59 Å². The highest BCUT2D eigenvalue weighted by Gasteiger charge is 2.16. The van der Waals surface area contributed by atoms with Gasteiger partial charge in [0.2, 0.25) is 11.8 Å². The van der Waals surface area contributed by atoms with Gasteiger partial charge in [-0.25, -0.2) is 5.84 Å². The minimum Gasteiger partial charge on any atom is -0.340 e. The van der Waals surface area contributed by atoms with Crippen LogP contribution in [0.15, 0.2) is 0 Å². The molecule has 0 aliphatic carbocycles. The Morgan fingerprint density at radius 1 is 1.29 bits per heavy atom. The van der Waals surface area contributed by atoms with Crippen LogP contribution in [-0.2, 0) is 9.59 Å². The minimum atomic E-state index is -0.298. The molecule has 14 heavy (non-hydrogen) atoms. The van der Waals surface area contributed by atoms with Crippen LogP contribution in [0.25, 0.3) is 0 Å². The van der Waals surface area contributed by atoms with Gasteiger partial charge in [0.1, 0.15) is 0 Å². The third-order valence-electron chi connectivity index (χ3n) is 2.20. The van der Waals surface area contributed by atoms with E-state index in [-0.39, 0.29) is 24.7 Å². The first kappa shape index (κ1) is 10.9. The molecule has 0 saturated carbocycles. The van der Waals surface area contributed by atoms with E-state index in [1.54, 1.807) is 4.90 Å². The van der Waals surface area contributed by atoms with E-state index in [0.717, 1.165) is 26.2 Å². The van der Waals surface area contributed by atoms with Crippen LogP contribution < -0.4 is 16.6 Å². The van der Waals surface area contributed by atoms with Crippen LogP contribution in [-0.4, -0.2) is 42.9 Å². The summed E-state index contributed by atoms with van der Waals surface area (Å²) >= 11 is 0. The molecule has 0 atom stereocenters. The van der Waals surface area contributed by atoms with Crippen molar-refractivity contribution in [1.29, 1.82) is 0 Å². The van der Waals surface area contributed by atoms with Crippen molar-refractivity contribution in [1.82, 2.24) is 15.6 Å². The summed E-state index contributed by atoms with van der Waals surface area (Å²) in [6, 6.07) is 0. The Hall–Kier alpha value is -1.14. The van der Waals surface area contributed by atoms with E-state index in [2.05, 4.69) is 5.32 Å². The van der Waals surface area contributed by atoms with Crippen LogP contribution >= 0.6 is 0 Å². The number of rotatable bonds is 3. The Labute approximate surface area is 82.8 Å². The Bertz CT molecular complexity index is 213. The van der Waals surface area contributed by atoms with Crippen LogP contribution in [0, 0.1) is 0 Å². The molecule has 6 heteroatoms. The van der Waals surface area contributed by atoms with Crippen molar-refractivity contribution in [3.8, 4) is 0 Å². The van der Waals surface area contributed by atoms with E-state index in [1.165, 1.54) is 0 Å². The number of carbonyl (C=O) groups is 2. The number of nitrogens with zero attached hydrogens (tertiary/aromatic N) is 1. The summed E-state index contributed by atoms with van der Waals surface area (Å²) in [6.45, 7) is 3.11. The van der Waals surface area contributed by atoms with Gasteiger partial charge in [-0.05, 0) is 0 Å². The molecule has 0 bridgehead atoms. The number of nitrogens with two attached hydrogens (primary N) is 1. The highest BCUT2D eigenvalue weighted by Crippen LogP contribution is 1.99. The fraction of sp³-hybridized carbons (Fsp3) is 0.750. The molecule has 1 aliphatic rings. The lowest BCUT2D eigenvalue weighted by Gasteiger charge is -2.27. The summed E-state index contributed by atoms with van der Waals surface area (Å²) in [7, 11) is 0. The van der Waals surface area contributed by atoms with Gasteiger partial charge in [0.15, 0.2) is 0 Å². The number of amides is 2. The molecule has 1 fully saturated rings. The molecule has 0 aromatic heterocycles. The highest BCUT2D eigenvalue weighted by atomic mass is 16.2. The second kappa shape index (κ2) is 5.56. The first-order valence-electron chi connectivity index (χ1n) is 4.72. The molecule has 0 radical (unpaired) electrons. The summed E-state index contributed by atoms with van der Waals surface area (Å²) in [5, 5.41) is 3.15. The fourth-order valence-electron chi connectivity index (χ4n) is 1.36. The Kier molecular flexibility index (Phi) is 4.34. The van der Waals surface area contributed by atoms with Crippen molar-refractivity contribution in [2.75, 3.05) is 26.2 Å². The second-order valence-corrected chi connectivity index (χ2v) is 3.20. The molecule has 0 unspecified atom stereocenters. The van der Waals surface area contributed by atoms with Gasteiger partial charge in [-0.2, -0.15) is 0 Å². The van der Waals surface area contributed by atoms with Crippen LogP contribution in [0.5, 0.6) is 0 Å². The van der Waals surface area contributed by atoms with E-state index < -0.39 is 0 Å². The fourth-order valence-corrected chi connectivity index (χ4v) is 1.36. The molecule has 0 aromatic carbocycles. The zero-order valence-corrected chi connectivity index (χ0v) is 8.08. The predicted molar refractivity (Wildman–Crippen MR) is 51.0 cm³/mol. The average Bonchev–Trinajstić information content (AvgIpc) is 2.26. The molecule has 0 aromatic rings. The van der Waals surface area contributed by atoms with Gasteiger partial charge in [0, 0.05) is 39.0 Å². The molecular weight excluding hydrogens is 184 g/mol. The summed E-state index contributed by atoms with van der Waals surface area (Å²) in [5.41, 5.74) is 2.00. The molecule has 0 spiro atoms. The largest absolute Gasteiger partial charge is 0.340 e. The molecule has 6 nitrogen and oxygen atoms in total. The van der Waals surface area contributed by atoms with Gasteiger partial charge in [-0.3, -0.25) is 15.0 Å². The van der Waals surface area contributed by atoms with Crippen molar-refractivity contribution in [2.24, 2.45) is 5.84 Å². The molecule has 1 aliphatic heterocycles. The number of hydrogen-bond donors (Lipinski definition) is 3. The maximum Gasteiger partial charge on any atom is 0.234 e. The first-order chi connectivity index (χ1) is 6.74. The molecule has 4 N–H and O–H groups in total. The standard InChI is InChI=1S/C8H16N4O2/c9-11-7(13)1-2-8(14)12-5-3-10-4-6-12/h10H,1-6,9H2,(H,11,13). The van der Waals surface area contributed by atoms with E-state index in [4.69, 9.17) is 5.84 Å². The van der Waals surface area contributed by atoms with Crippen molar-refractivity contribution in [3.63, 3.8) is 0 Å². The van der Waals surface area contributed by atoms with Crippen molar-refractivity contribution < 1.29 is 9.59 Å². The van der Waals surface area contributed by atoms with Crippen molar-refractivity contribution in [3.05, 3.63) is 0 Å². The van der Waals surface area contributed by atoms with E-state index in [0.29, 0.717) is 0 Å². The minimum absolute atomic E-state index is 0.0232. The van der Waals surface area contributed by atoms with Crippen LogP contribution in [0.2, 0.25) is 0 Å². The van der Waals surface area contributed by atoms with Crippen LogP contribution in [0.4, 0.5) is 0 Å². The summed E-state index contributed by atoms with van der Waals surface area (Å²) in [6.07, 6.45) is 0.405. The smallest absolute Gasteiger partial charge is 0.234 e. The zero-order chi connectivity index (χ0) is 10.4. The maximum atomic E-state index is 11.5. The monoisotopic (exact) mass is 200 g/mol. The van der Waals surface area contributed by atoms with Crippen LogP contribution in [0.1, 0.15) is 12.8 Å². The third-order valence-corrected chi connectivity index (χ3v) is 2.20. The summed E-state index contributed by atoms with van der Waals surface area (Å²) in [4.78, 5) is 24.0. The molecule has 1 rings (SSSR count). The second-order valence-electron chi connectivity index (χ2n) is 3.20. The van der Waals surface area contributed by atoms with Gasteiger partial charge in [-0.1, -0.05) is 0 Å². The molecule has 1 saturated heterocycles. The lowest BCUT2D eigenvalue weighted by molar-refractivity contribution is -0.134. The zero-order valence-electron chi connectivity index (χ0n) is 8.08.